The van der Waals surface area contributed by atoms with Gasteiger partial charge in [-0.1, -0.05) is 13.0 Å². The van der Waals surface area contributed by atoms with Gasteiger partial charge in [0, 0.05) is 18.2 Å². The van der Waals surface area contributed by atoms with Gasteiger partial charge in [0.25, 0.3) is 0 Å². The highest BCUT2D eigenvalue weighted by Gasteiger charge is 2.00. The lowest BCUT2D eigenvalue weighted by Crippen LogP contribution is -1.98. The molecule has 0 saturated carbocycles. The molecule has 0 aliphatic heterocycles. The third kappa shape index (κ3) is 2.81. The number of aryl methyl sites for hydroxylation is 1. The fraction of sp³-hybridized carbons (Fsp3) is 0.444. The van der Waals surface area contributed by atoms with Crippen LogP contribution in [0.1, 0.15) is 12.5 Å². The zero-order valence-corrected chi connectivity index (χ0v) is 8.97. The minimum Gasteiger partial charge on any atom is -0.250 e. The maximum Gasteiger partial charge on any atom is 0.164 e. The van der Waals surface area contributed by atoms with Crippen molar-refractivity contribution >= 4 is 15.5 Å². The van der Waals surface area contributed by atoms with Crippen molar-refractivity contribution in [3.63, 3.8) is 0 Å². The number of pyridine rings is 1. The smallest absolute Gasteiger partial charge is 0.164 e. The van der Waals surface area contributed by atoms with E-state index in [0.29, 0.717) is 11.6 Å². The average molecular weight is 198 g/mol. The quantitative estimate of drug-likeness (QED) is 0.730. The molecule has 0 aromatic carbocycles. The van der Waals surface area contributed by atoms with Gasteiger partial charge in [0.15, 0.2) is 5.82 Å². The highest BCUT2D eigenvalue weighted by Crippen LogP contribution is 2.15. The van der Waals surface area contributed by atoms with E-state index < -0.39 is 9.73 Å². The lowest BCUT2D eigenvalue weighted by Gasteiger charge is -2.01. The summed E-state index contributed by atoms with van der Waals surface area (Å²) in [5, 5.41) is 0. The highest BCUT2D eigenvalue weighted by molar-refractivity contribution is 7.93. The van der Waals surface area contributed by atoms with Crippen molar-refractivity contribution in [1.29, 1.82) is 0 Å². The van der Waals surface area contributed by atoms with Gasteiger partial charge in [0.2, 0.25) is 0 Å². The van der Waals surface area contributed by atoms with Gasteiger partial charge < -0.3 is 0 Å². The molecule has 0 fully saturated rings. The molecule has 1 heterocycles. The summed E-state index contributed by atoms with van der Waals surface area (Å²) in [7, 11) is -2.08. The van der Waals surface area contributed by atoms with Crippen molar-refractivity contribution in [2.24, 2.45) is 4.36 Å². The van der Waals surface area contributed by atoms with Crippen molar-refractivity contribution in [3.05, 3.63) is 23.9 Å². The fourth-order valence-electron chi connectivity index (χ4n) is 0.820. The summed E-state index contributed by atoms with van der Waals surface area (Å²) in [6.45, 7) is 3.78. The van der Waals surface area contributed by atoms with Crippen LogP contribution in [0, 0.1) is 6.92 Å². The first-order chi connectivity index (χ1) is 6.05. The zero-order valence-electron chi connectivity index (χ0n) is 8.15. The van der Waals surface area contributed by atoms with E-state index in [1.165, 1.54) is 0 Å². The Morgan fingerprint density at radius 2 is 2.31 bits per heavy atom. The fourth-order valence-corrected chi connectivity index (χ4v) is 1.51. The van der Waals surface area contributed by atoms with Crippen LogP contribution in [0.4, 0.5) is 5.82 Å². The monoisotopic (exact) mass is 198 g/mol. The third-order valence-electron chi connectivity index (χ3n) is 1.80. The van der Waals surface area contributed by atoms with Crippen molar-refractivity contribution in [1.82, 2.24) is 4.98 Å². The Morgan fingerprint density at radius 3 is 2.85 bits per heavy atom. The average Bonchev–Trinajstić information content (AvgIpc) is 2.09. The Hall–Kier alpha value is -0.900. The van der Waals surface area contributed by atoms with E-state index in [1.807, 2.05) is 26.0 Å². The Labute approximate surface area is 79.4 Å². The van der Waals surface area contributed by atoms with E-state index in [-0.39, 0.29) is 0 Å². The molecule has 0 aliphatic rings. The molecule has 1 atom stereocenters. The van der Waals surface area contributed by atoms with Crippen LogP contribution in [0.2, 0.25) is 0 Å². The van der Waals surface area contributed by atoms with Crippen LogP contribution in [0.25, 0.3) is 0 Å². The number of hydrogen-bond acceptors (Lipinski definition) is 3. The molecule has 0 N–H and O–H groups in total. The Balaban J connectivity index is 3.19. The van der Waals surface area contributed by atoms with E-state index >= 15 is 0 Å². The van der Waals surface area contributed by atoms with Gasteiger partial charge in [-0.05, 0) is 18.6 Å². The molecule has 4 heteroatoms. The van der Waals surface area contributed by atoms with Gasteiger partial charge in [0.05, 0.1) is 9.73 Å². The topological polar surface area (TPSA) is 42.3 Å². The molecule has 3 nitrogen and oxygen atoms in total. The lowest BCUT2D eigenvalue weighted by atomic mass is 10.3. The molecular formula is C9H14N2OS. The molecule has 1 aromatic heterocycles. The standard InChI is InChI=1S/C9H14N2OS/c1-4-13(3,12)11-9-8(2)6-5-7-10-9/h5-7H,4H2,1-3H3. The van der Waals surface area contributed by atoms with Gasteiger partial charge in [0.1, 0.15) is 0 Å². The molecule has 0 radical (unpaired) electrons. The van der Waals surface area contributed by atoms with Crippen molar-refractivity contribution < 1.29 is 4.21 Å². The second kappa shape index (κ2) is 3.87. The molecule has 0 aliphatic carbocycles. The van der Waals surface area contributed by atoms with E-state index in [9.17, 15) is 4.21 Å². The highest BCUT2D eigenvalue weighted by atomic mass is 32.2. The summed E-state index contributed by atoms with van der Waals surface area (Å²) in [6, 6.07) is 3.76. The molecular weight excluding hydrogens is 184 g/mol. The summed E-state index contributed by atoms with van der Waals surface area (Å²) in [5.74, 6) is 1.15. The van der Waals surface area contributed by atoms with Crippen LogP contribution in [0.3, 0.4) is 0 Å². The summed E-state index contributed by atoms with van der Waals surface area (Å²) < 4.78 is 15.8. The van der Waals surface area contributed by atoms with Gasteiger partial charge in [-0.3, -0.25) is 0 Å². The number of hydrogen-bond donors (Lipinski definition) is 0. The molecule has 1 aromatic rings. The molecule has 0 bridgehead atoms. The predicted molar refractivity (Wildman–Crippen MR) is 55.7 cm³/mol. The molecule has 1 unspecified atom stereocenters. The van der Waals surface area contributed by atoms with Crippen LogP contribution in [0.15, 0.2) is 22.7 Å². The lowest BCUT2D eigenvalue weighted by molar-refractivity contribution is 0.681. The molecule has 72 valence electrons. The number of rotatable bonds is 2. The van der Waals surface area contributed by atoms with Gasteiger partial charge in [-0.15, -0.1) is 0 Å². The van der Waals surface area contributed by atoms with Crippen LogP contribution < -0.4 is 0 Å². The van der Waals surface area contributed by atoms with Crippen LogP contribution in [-0.4, -0.2) is 21.2 Å². The van der Waals surface area contributed by atoms with Gasteiger partial charge in [-0.2, -0.15) is 4.36 Å². The molecule has 0 amide bonds. The van der Waals surface area contributed by atoms with E-state index in [4.69, 9.17) is 0 Å². The Kier molecular flexibility index (Phi) is 3.03. The number of nitrogens with zero attached hydrogens (tertiary/aromatic N) is 2. The summed E-state index contributed by atoms with van der Waals surface area (Å²) in [5.41, 5.74) is 0.963. The molecule has 1 rings (SSSR count). The first kappa shape index (κ1) is 10.2. The summed E-state index contributed by atoms with van der Waals surface area (Å²) in [6.07, 6.45) is 3.32. The van der Waals surface area contributed by atoms with E-state index in [1.54, 1.807) is 12.5 Å². The second-order valence-electron chi connectivity index (χ2n) is 2.98. The number of aromatic nitrogens is 1. The Morgan fingerprint density at radius 1 is 1.62 bits per heavy atom. The predicted octanol–water partition coefficient (Wildman–Crippen LogP) is 2.14. The Bertz CT molecular complexity index is 406. The van der Waals surface area contributed by atoms with Gasteiger partial charge >= 0.3 is 0 Å². The van der Waals surface area contributed by atoms with Gasteiger partial charge in [-0.25, -0.2) is 9.19 Å². The largest absolute Gasteiger partial charge is 0.250 e. The normalized spacial score (nSPS) is 15.0. The minimum atomic E-state index is -2.08. The van der Waals surface area contributed by atoms with E-state index in [0.717, 1.165) is 5.56 Å². The van der Waals surface area contributed by atoms with Crippen LogP contribution in [-0.2, 0) is 9.73 Å². The van der Waals surface area contributed by atoms with Crippen LogP contribution in [0.5, 0.6) is 0 Å². The maximum atomic E-state index is 11.7. The molecule has 0 saturated heterocycles. The second-order valence-corrected chi connectivity index (χ2v) is 5.66. The SMILES string of the molecule is CCS(C)(=O)=Nc1ncccc1C. The van der Waals surface area contributed by atoms with Crippen LogP contribution >= 0.6 is 0 Å². The van der Waals surface area contributed by atoms with Crippen molar-refractivity contribution in [3.8, 4) is 0 Å². The first-order valence-electron chi connectivity index (χ1n) is 4.16. The van der Waals surface area contributed by atoms with E-state index in [2.05, 4.69) is 9.35 Å². The summed E-state index contributed by atoms with van der Waals surface area (Å²) in [4.78, 5) is 4.07. The first-order valence-corrected chi connectivity index (χ1v) is 6.26. The van der Waals surface area contributed by atoms with Crippen molar-refractivity contribution in [2.75, 3.05) is 12.0 Å². The van der Waals surface area contributed by atoms with Crippen molar-refractivity contribution in [2.45, 2.75) is 13.8 Å². The minimum absolute atomic E-state index is 0.559. The zero-order chi connectivity index (χ0) is 9.90. The summed E-state index contributed by atoms with van der Waals surface area (Å²) >= 11 is 0. The third-order valence-corrected chi connectivity index (χ3v) is 3.43. The molecule has 0 spiro atoms. The molecule has 13 heavy (non-hydrogen) atoms. The maximum absolute atomic E-state index is 11.7.